The van der Waals surface area contributed by atoms with Crippen molar-refractivity contribution in [3.63, 3.8) is 0 Å². The molecule has 1 fully saturated rings. The molecule has 1 aliphatic heterocycles. The number of hydrogen-bond donors (Lipinski definition) is 1. The SMILES string of the molecule is CC[C@@H](NC1CN(C(=O)OC(C)(C)C)C1)c1c(C)noc1C. The summed E-state index contributed by atoms with van der Waals surface area (Å²) in [6.45, 7) is 13.0. The number of aromatic nitrogens is 1. The first-order chi connectivity index (χ1) is 10.2. The maximum atomic E-state index is 11.9. The molecule has 0 bridgehead atoms. The Balaban J connectivity index is 1.87. The van der Waals surface area contributed by atoms with Gasteiger partial charge in [-0.15, -0.1) is 0 Å². The molecule has 0 saturated carbocycles. The van der Waals surface area contributed by atoms with E-state index in [9.17, 15) is 4.79 Å². The molecule has 6 heteroatoms. The molecule has 1 saturated heterocycles. The van der Waals surface area contributed by atoms with Gasteiger partial charge in [-0.25, -0.2) is 4.79 Å². The highest BCUT2D eigenvalue weighted by atomic mass is 16.6. The van der Waals surface area contributed by atoms with Gasteiger partial charge in [0.25, 0.3) is 0 Å². The number of nitrogens with one attached hydrogen (secondary N) is 1. The van der Waals surface area contributed by atoms with Crippen LogP contribution in [0.15, 0.2) is 4.52 Å². The molecule has 0 unspecified atom stereocenters. The Bertz CT molecular complexity index is 508. The predicted octanol–water partition coefficient (Wildman–Crippen LogP) is 2.95. The topological polar surface area (TPSA) is 67.6 Å². The summed E-state index contributed by atoms with van der Waals surface area (Å²) in [5.74, 6) is 0.861. The number of likely N-dealkylation sites (tertiary alicyclic amines) is 1. The number of amides is 1. The summed E-state index contributed by atoms with van der Waals surface area (Å²) in [4.78, 5) is 13.7. The third-order valence-electron chi connectivity index (χ3n) is 3.82. The zero-order valence-corrected chi connectivity index (χ0v) is 14.4. The second-order valence-electron chi connectivity index (χ2n) is 6.95. The van der Waals surface area contributed by atoms with Crippen LogP contribution < -0.4 is 5.32 Å². The number of rotatable bonds is 4. The van der Waals surface area contributed by atoms with Crippen LogP contribution in [-0.4, -0.2) is 40.9 Å². The molecule has 2 heterocycles. The maximum absolute atomic E-state index is 11.9. The third-order valence-corrected chi connectivity index (χ3v) is 3.82. The van der Waals surface area contributed by atoms with Crippen molar-refractivity contribution in [2.24, 2.45) is 0 Å². The summed E-state index contributed by atoms with van der Waals surface area (Å²) >= 11 is 0. The number of carbonyl (C=O) groups is 1. The van der Waals surface area contributed by atoms with E-state index in [1.807, 2.05) is 34.6 Å². The number of ether oxygens (including phenoxy) is 1. The van der Waals surface area contributed by atoms with E-state index in [4.69, 9.17) is 9.26 Å². The smallest absolute Gasteiger partial charge is 0.410 e. The van der Waals surface area contributed by atoms with Gasteiger partial charge in [0.15, 0.2) is 0 Å². The van der Waals surface area contributed by atoms with E-state index in [1.165, 1.54) is 0 Å². The Morgan fingerprint density at radius 1 is 1.45 bits per heavy atom. The molecule has 1 amide bonds. The highest BCUT2D eigenvalue weighted by Gasteiger charge is 2.35. The fourth-order valence-corrected chi connectivity index (χ4v) is 2.74. The maximum Gasteiger partial charge on any atom is 0.410 e. The van der Waals surface area contributed by atoms with Gasteiger partial charge in [-0.2, -0.15) is 0 Å². The van der Waals surface area contributed by atoms with E-state index in [2.05, 4.69) is 17.4 Å². The number of aryl methyl sites for hydroxylation is 2. The lowest BCUT2D eigenvalue weighted by Gasteiger charge is -2.41. The molecule has 1 aromatic heterocycles. The van der Waals surface area contributed by atoms with E-state index >= 15 is 0 Å². The molecular weight excluding hydrogens is 282 g/mol. The summed E-state index contributed by atoms with van der Waals surface area (Å²) in [7, 11) is 0. The first-order valence-electron chi connectivity index (χ1n) is 7.88. The Hall–Kier alpha value is -1.56. The van der Waals surface area contributed by atoms with Crippen molar-refractivity contribution in [1.29, 1.82) is 0 Å². The molecule has 0 radical (unpaired) electrons. The van der Waals surface area contributed by atoms with Gasteiger partial charge < -0.3 is 19.5 Å². The molecule has 0 aliphatic carbocycles. The normalized spacial score (nSPS) is 17.3. The average Bonchev–Trinajstić information content (AvgIpc) is 2.66. The Labute approximate surface area is 132 Å². The van der Waals surface area contributed by atoms with Crippen LogP contribution in [0.4, 0.5) is 4.79 Å². The third kappa shape index (κ3) is 3.80. The Kier molecular flexibility index (Phi) is 4.80. The minimum absolute atomic E-state index is 0.206. The van der Waals surface area contributed by atoms with Crippen LogP contribution >= 0.6 is 0 Å². The summed E-state index contributed by atoms with van der Waals surface area (Å²) in [6, 6.07) is 0.489. The van der Waals surface area contributed by atoms with Crippen molar-refractivity contribution in [3.05, 3.63) is 17.0 Å². The highest BCUT2D eigenvalue weighted by Crippen LogP contribution is 2.26. The van der Waals surface area contributed by atoms with Crippen molar-refractivity contribution in [2.75, 3.05) is 13.1 Å². The molecule has 1 atom stereocenters. The molecule has 0 spiro atoms. The Morgan fingerprint density at radius 3 is 2.55 bits per heavy atom. The fourth-order valence-electron chi connectivity index (χ4n) is 2.74. The lowest BCUT2D eigenvalue weighted by atomic mass is 10.00. The lowest BCUT2D eigenvalue weighted by molar-refractivity contribution is 0.00405. The molecule has 6 nitrogen and oxygen atoms in total. The van der Waals surface area contributed by atoms with Gasteiger partial charge in [0.05, 0.1) is 5.69 Å². The molecule has 1 aromatic rings. The van der Waals surface area contributed by atoms with Crippen LogP contribution in [0.2, 0.25) is 0 Å². The van der Waals surface area contributed by atoms with Gasteiger partial charge in [-0.1, -0.05) is 12.1 Å². The molecular formula is C16H27N3O3. The standard InChI is InChI=1S/C16H27N3O3/c1-7-13(14-10(2)18-22-11(14)3)17-12-8-19(9-12)15(20)21-16(4,5)6/h12-13,17H,7-9H2,1-6H3/t13-/m1/s1. The number of carbonyl (C=O) groups excluding carboxylic acids is 1. The molecule has 1 N–H and O–H groups in total. The second-order valence-corrected chi connectivity index (χ2v) is 6.95. The van der Waals surface area contributed by atoms with Crippen LogP contribution in [0.3, 0.4) is 0 Å². The lowest BCUT2D eigenvalue weighted by Crippen LogP contribution is -2.61. The average molecular weight is 309 g/mol. The predicted molar refractivity (Wildman–Crippen MR) is 83.7 cm³/mol. The van der Waals surface area contributed by atoms with Crippen LogP contribution in [0.25, 0.3) is 0 Å². The van der Waals surface area contributed by atoms with Crippen molar-refractivity contribution >= 4 is 6.09 Å². The van der Waals surface area contributed by atoms with Crippen molar-refractivity contribution in [1.82, 2.24) is 15.4 Å². The molecule has 2 rings (SSSR count). The van der Waals surface area contributed by atoms with Gasteiger partial charge in [0.2, 0.25) is 0 Å². The highest BCUT2D eigenvalue weighted by molar-refractivity contribution is 5.69. The summed E-state index contributed by atoms with van der Waals surface area (Å²) in [5.41, 5.74) is 1.62. The van der Waals surface area contributed by atoms with Crippen molar-refractivity contribution in [2.45, 2.75) is 65.6 Å². The first kappa shape index (κ1) is 16.8. The van der Waals surface area contributed by atoms with E-state index in [0.29, 0.717) is 13.1 Å². The van der Waals surface area contributed by atoms with Gasteiger partial charge >= 0.3 is 6.09 Å². The van der Waals surface area contributed by atoms with Crippen LogP contribution in [0.1, 0.15) is 57.2 Å². The largest absolute Gasteiger partial charge is 0.444 e. The quantitative estimate of drug-likeness (QED) is 0.926. The van der Waals surface area contributed by atoms with Gasteiger partial charge in [0, 0.05) is 30.7 Å². The van der Waals surface area contributed by atoms with Gasteiger partial charge in [0.1, 0.15) is 11.4 Å². The fraction of sp³-hybridized carbons (Fsp3) is 0.750. The van der Waals surface area contributed by atoms with Crippen molar-refractivity contribution in [3.8, 4) is 0 Å². The molecule has 0 aromatic carbocycles. The van der Waals surface area contributed by atoms with Gasteiger partial charge in [-0.05, 0) is 41.0 Å². The van der Waals surface area contributed by atoms with E-state index < -0.39 is 5.60 Å². The molecule has 124 valence electrons. The number of hydrogen-bond acceptors (Lipinski definition) is 5. The van der Waals surface area contributed by atoms with E-state index in [0.717, 1.165) is 23.4 Å². The molecule has 1 aliphatic rings. The van der Waals surface area contributed by atoms with Crippen LogP contribution in [0, 0.1) is 13.8 Å². The zero-order valence-electron chi connectivity index (χ0n) is 14.4. The minimum atomic E-state index is -0.446. The second kappa shape index (κ2) is 6.28. The minimum Gasteiger partial charge on any atom is -0.444 e. The van der Waals surface area contributed by atoms with Gasteiger partial charge in [-0.3, -0.25) is 0 Å². The van der Waals surface area contributed by atoms with E-state index in [-0.39, 0.29) is 18.2 Å². The van der Waals surface area contributed by atoms with E-state index in [1.54, 1.807) is 4.90 Å². The Morgan fingerprint density at radius 2 is 2.09 bits per heavy atom. The monoisotopic (exact) mass is 309 g/mol. The first-order valence-corrected chi connectivity index (χ1v) is 7.88. The summed E-state index contributed by atoms with van der Waals surface area (Å²) in [6.07, 6.45) is 0.710. The zero-order chi connectivity index (χ0) is 16.5. The molecule has 22 heavy (non-hydrogen) atoms. The van der Waals surface area contributed by atoms with Crippen LogP contribution in [0.5, 0.6) is 0 Å². The number of nitrogens with zero attached hydrogens (tertiary/aromatic N) is 2. The summed E-state index contributed by atoms with van der Waals surface area (Å²) < 4.78 is 10.6. The van der Waals surface area contributed by atoms with Crippen LogP contribution in [-0.2, 0) is 4.74 Å². The van der Waals surface area contributed by atoms with Crippen molar-refractivity contribution < 1.29 is 14.1 Å². The summed E-state index contributed by atoms with van der Waals surface area (Å²) in [5, 5.41) is 7.61.